The Balaban J connectivity index is 2.60. The summed E-state index contributed by atoms with van der Waals surface area (Å²) >= 11 is 6.98. The van der Waals surface area contributed by atoms with Crippen LogP contribution in [0.2, 0.25) is 0 Å². The van der Waals surface area contributed by atoms with Crippen LogP contribution >= 0.6 is 67.8 Å². The van der Waals surface area contributed by atoms with E-state index in [1.807, 2.05) is 12.1 Å². The fourth-order valence-corrected chi connectivity index (χ4v) is 3.67. The van der Waals surface area contributed by atoms with Gasteiger partial charge >= 0.3 is 0 Å². The Hall–Kier alpha value is 0.120. The summed E-state index contributed by atoms with van der Waals surface area (Å²) < 4.78 is 3.57. The minimum absolute atomic E-state index is 0.733. The molecule has 0 fully saturated rings. The number of hydrogen-bond donors (Lipinski definition) is 0. The number of halogens is 3. The van der Waals surface area contributed by atoms with Crippen LogP contribution in [0, 0.1) is 29.0 Å². The molecule has 0 saturated heterocycles. The Morgan fingerprint density at radius 2 is 1.72 bits per heavy atom. The van der Waals surface area contributed by atoms with E-state index in [9.17, 15) is 0 Å². The smallest absolute Gasteiger partial charge is 0.100 e. The third-order valence-corrected chi connectivity index (χ3v) is 7.11. The van der Waals surface area contributed by atoms with E-state index in [2.05, 4.69) is 99.0 Å². The largest absolute Gasteiger partial charge is 0.192 e. The molecule has 0 atom stereocenters. The van der Waals surface area contributed by atoms with Crippen molar-refractivity contribution in [2.75, 3.05) is 0 Å². The summed E-state index contributed by atoms with van der Waals surface area (Å²) in [7, 11) is 0. The second kappa shape index (κ2) is 6.05. The van der Waals surface area contributed by atoms with E-state index in [0.717, 1.165) is 9.13 Å². The average Bonchev–Trinajstić information content (AvgIpc) is 2.36. The monoisotopic (exact) mass is 571 g/mol. The number of aryl methyl sites for hydroxylation is 1. The molecule has 0 heterocycles. The lowest BCUT2D eigenvalue weighted by molar-refractivity contribution is 1.39. The lowest BCUT2D eigenvalue weighted by Gasteiger charge is -2.10. The molecule has 0 aromatic heterocycles. The summed E-state index contributed by atoms with van der Waals surface area (Å²) in [5.41, 5.74) is 4.43. The molecule has 4 heteroatoms. The number of rotatable bonds is 1. The summed E-state index contributed by atoms with van der Waals surface area (Å²) in [5.74, 6) is 0. The zero-order valence-corrected chi connectivity index (χ0v) is 15.9. The van der Waals surface area contributed by atoms with Gasteiger partial charge in [0.1, 0.15) is 6.07 Å². The maximum Gasteiger partial charge on any atom is 0.100 e. The highest BCUT2D eigenvalue weighted by Gasteiger charge is 2.09. The predicted octanol–water partition coefficient (Wildman–Crippen LogP) is 5.35. The van der Waals surface area contributed by atoms with Gasteiger partial charge in [0, 0.05) is 10.7 Å². The van der Waals surface area contributed by atoms with E-state index < -0.39 is 0 Å². The maximum absolute atomic E-state index is 8.96. The van der Waals surface area contributed by atoms with Gasteiger partial charge in [-0.3, -0.25) is 0 Å². The molecule has 0 amide bonds. The van der Waals surface area contributed by atoms with Crippen LogP contribution in [0.25, 0.3) is 11.1 Å². The molecular formula is C14H8I3N. The third-order valence-electron chi connectivity index (χ3n) is 2.68. The van der Waals surface area contributed by atoms with Crippen LogP contribution in [-0.4, -0.2) is 0 Å². The van der Waals surface area contributed by atoms with Gasteiger partial charge in [-0.2, -0.15) is 5.26 Å². The second-order valence-corrected chi connectivity index (χ2v) is 7.18. The lowest BCUT2D eigenvalue weighted by Crippen LogP contribution is -1.91. The summed E-state index contributed by atoms with van der Waals surface area (Å²) in [6.45, 7) is 2.12. The molecule has 0 spiro atoms. The van der Waals surface area contributed by atoms with Crippen LogP contribution in [0.5, 0.6) is 0 Å². The number of nitriles is 1. The molecule has 2 aromatic carbocycles. The predicted molar refractivity (Wildman–Crippen MR) is 99.5 cm³/mol. The molecule has 0 N–H and O–H groups in total. The van der Waals surface area contributed by atoms with E-state index in [-0.39, 0.29) is 0 Å². The first-order valence-corrected chi connectivity index (χ1v) is 8.43. The van der Waals surface area contributed by atoms with Gasteiger partial charge in [-0.15, -0.1) is 0 Å². The van der Waals surface area contributed by atoms with Crippen LogP contribution in [-0.2, 0) is 0 Å². The van der Waals surface area contributed by atoms with Crippen LogP contribution < -0.4 is 0 Å². The summed E-state index contributed by atoms with van der Waals surface area (Å²) in [6.07, 6.45) is 0. The molecule has 1 nitrogen and oxygen atoms in total. The van der Waals surface area contributed by atoms with Crippen molar-refractivity contribution in [2.24, 2.45) is 0 Å². The van der Waals surface area contributed by atoms with Gasteiger partial charge in [0.05, 0.1) is 5.56 Å². The van der Waals surface area contributed by atoms with Gasteiger partial charge in [0.25, 0.3) is 0 Å². The van der Waals surface area contributed by atoms with Gasteiger partial charge in [-0.05, 0) is 104 Å². The lowest BCUT2D eigenvalue weighted by atomic mass is 10.0. The maximum atomic E-state index is 8.96. The molecule has 0 unspecified atom stereocenters. The number of benzene rings is 2. The van der Waals surface area contributed by atoms with Crippen LogP contribution in [0.4, 0.5) is 0 Å². The molecule has 0 aliphatic carbocycles. The van der Waals surface area contributed by atoms with Crippen molar-refractivity contribution >= 4 is 67.8 Å². The quantitative estimate of drug-likeness (QED) is 0.424. The Kier molecular flexibility index (Phi) is 4.88. The minimum atomic E-state index is 0.733. The Bertz CT molecular complexity index is 657. The first-order valence-electron chi connectivity index (χ1n) is 5.19. The Morgan fingerprint density at radius 3 is 2.33 bits per heavy atom. The highest BCUT2D eigenvalue weighted by molar-refractivity contribution is 14.1. The zero-order valence-electron chi connectivity index (χ0n) is 9.47. The van der Waals surface area contributed by atoms with Gasteiger partial charge in [0.15, 0.2) is 0 Å². The van der Waals surface area contributed by atoms with Crippen LogP contribution in [0.3, 0.4) is 0 Å². The van der Waals surface area contributed by atoms with Gasteiger partial charge < -0.3 is 0 Å². The van der Waals surface area contributed by atoms with E-state index in [1.165, 1.54) is 23.8 Å². The molecule has 0 saturated carbocycles. The van der Waals surface area contributed by atoms with Crippen molar-refractivity contribution in [2.45, 2.75) is 6.92 Å². The standard InChI is InChI=1S/C14H8I3N/c1-8-2-5-11(14(17)13(8)16)9-3-4-10(7-18)12(15)6-9/h2-6H,1H3. The minimum Gasteiger partial charge on any atom is -0.192 e. The topological polar surface area (TPSA) is 23.8 Å². The Labute approximate surface area is 147 Å². The molecule has 0 bridgehead atoms. The van der Waals surface area contributed by atoms with E-state index in [0.29, 0.717) is 0 Å². The molecular weight excluding hydrogens is 563 g/mol. The molecule has 2 aromatic rings. The van der Waals surface area contributed by atoms with Crippen molar-refractivity contribution in [1.82, 2.24) is 0 Å². The van der Waals surface area contributed by atoms with Gasteiger partial charge in [-0.25, -0.2) is 0 Å². The van der Waals surface area contributed by atoms with E-state index in [1.54, 1.807) is 0 Å². The zero-order chi connectivity index (χ0) is 13.3. The van der Waals surface area contributed by atoms with Crippen molar-refractivity contribution in [3.8, 4) is 17.2 Å². The van der Waals surface area contributed by atoms with Gasteiger partial charge in [0.2, 0.25) is 0 Å². The fourth-order valence-electron chi connectivity index (χ4n) is 1.64. The molecule has 2 rings (SSSR count). The van der Waals surface area contributed by atoms with Crippen molar-refractivity contribution in [1.29, 1.82) is 5.26 Å². The summed E-state index contributed by atoms with van der Waals surface area (Å²) in [5, 5.41) is 8.96. The second-order valence-electron chi connectivity index (χ2n) is 3.86. The molecule has 90 valence electrons. The molecule has 18 heavy (non-hydrogen) atoms. The first kappa shape index (κ1) is 14.5. The molecule has 0 aliphatic rings. The normalized spacial score (nSPS) is 10.2. The molecule has 0 aliphatic heterocycles. The van der Waals surface area contributed by atoms with Crippen molar-refractivity contribution in [3.05, 3.63) is 52.2 Å². The Morgan fingerprint density at radius 1 is 1.00 bits per heavy atom. The highest BCUT2D eigenvalue weighted by atomic mass is 127. The van der Waals surface area contributed by atoms with Gasteiger partial charge in [-0.1, -0.05) is 18.2 Å². The van der Waals surface area contributed by atoms with E-state index in [4.69, 9.17) is 5.26 Å². The van der Waals surface area contributed by atoms with E-state index >= 15 is 0 Å². The van der Waals surface area contributed by atoms with Crippen molar-refractivity contribution < 1.29 is 0 Å². The number of hydrogen-bond acceptors (Lipinski definition) is 1. The summed E-state index contributed by atoms with van der Waals surface area (Å²) in [6, 6.07) is 12.5. The SMILES string of the molecule is Cc1ccc(-c2ccc(C#N)c(I)c2)c(I)c1I. The number of nitrogens with zero attached hydrogens (tertiary/aromatic N) is 1. The fraction of sp³-hybridized carbons (Fsp3) is 0.0714. The van der Waals surface area contributed by atoms with Crippen LogP contribution in [0.1, 0.15) is 11.1 Å². The third kappa shape index (κ3) is 2.82. The van der Waals surface area contributed by atoms with Crippen LogP contribution in [0.15, 0.2) is 30.3 Å². The highest BCUT2D eigenvalue weighted by Crippen LogP contribution is 2.31. The van der Waals surface area contributed by atoms with Crippen molar-refractivity contribution in [3.63, 3.8) is 0 Å². The molecule has 0 radical (unpaired) electrons. The average molecular weight is 571 g/mol. The first-order chi connectivity index (χ1) is 8.54. The summed E-state index contributed by atoms with van der Waals surface area (Å²) in [4.78, 5) is 0.